The van der Waals surface area contributed by atoms with E-state index in [1.165, 1.54) is 6.92 Å². The summed E-state index contributed by atoms with van der Waals surface area (Å²) >= 11 is 4.06. The number of nitrogens with one attached hydrogen (secondary N) is 4. The Labute approximate surface area is 200 Å². The van der Waals surface area contributed by atoms with Crippen molar-refractivity contribution in [3.05, 3.63) is 36.0 Å². The number of thiol groups is 1. The topological polar surface area (TPSA) is 204 Å². The molecule has 8 N–H and O–H groups in total. The average molecular weight is 494 g/mol. The van der Waals surface area contributed by atoms with E-state index in [9.17, 15) is 29.1 Å². The minimum atomic E-state index is -1.70. The SMILES string of the molecule is CC(N)C(=O)NC(CS)C(=O)NC(Cc1c[nH]c2ccccc12)C(=O)NC(CC(=O)O)C(=O)O. The first kappa shape index (κ1) is 26.7. The van der Waals surface area contributed by atoms with Crippen LogP contribution in [0.4, 0.5) is 0 Å². The molecule has 1 aromatic heterocycles. The van der Waals surface area contributed by atoms with Crippen LogP contribution in [0.2, 0.25) is 0 Å². The fourth-order valence-corrected chi connectivity index (χ4v) is 3.40. The Kier molecular flexibility index (Phi) is 9.45. The molecule has 0 aliphatic rings. The van der Waals surface area contributed by atoms with E-state index in [1.54, 1.807) is 12.3 Å². The molecular weight excluding hydrogens is 466 g/mol. The van der Waals surface area contributed by atoms with E-state index in [4.69, 9.17) is 10.8 Å². The molecule has 0 saturated heterocycles. The number of carboxylic acid groups (broad SMARTS) is 2. The largest absolute Gasteiger partial charge is 0.481 e. The van der Waals surface area contributed by atoms with E-state index in [0.717, 1.165) is 10.9 Å². The highest BCUT2D eigenvalue weighted by Crippen LogP contribution is 2.19. The van der Waals surface area contributed by atoms with Crippen LogP contribution >= 0.6 is 12.6 Å². The molecule has 4 atom stereocenters. The number of hydrogen-bond donors (Lipinski definition) is 8. The summed E-state index contributed by atoms with van der Waals surface area (Å²) in [6.07, 6.45) is 0.761. The van der Waals surface area contributed by atoms with Gasteiger partial charge in [-0.15, -0.1) is 0 Å². The summed E-state index contributed by atoms with van der Waals surface area (Å²) in [6, 6.07) is 2.25. The third kappa shape index (κ3) is 7.22. The number of fused-ring (bicyclic) bond motifs is 1. The van der Waals surface area contributed by atoms with Gasteiger partial charge in [-0.25, -0.2) is 4.79 Å². The lowest BCUT2D eigenvalue weighted by atomic mass is 10.0. The summed E-state index contributed by atoms with van der Waals surface area (Å²) in [7, 11) is 0. The number of rotatable bonds is 12. The predicted octanol–water partition coefficient (Wildman–Crippen LogP) is -0.999. The number of amides is 3. The van der Waals surface area contributed by atoms with Crippen LogP contribution in [0.3, 0.4) is 0 Å². The van der Waals surface area contributed by atoms with E-state index in [2.05, 4.69) is 33.6 Å². The van der Waals surface area contributed by atoms with Gasteiger partial charge in [-0.05, 0) is 18.6 Å². The van der Waals surface area contributed by atoms with Gasteiger partial charge >= 0.3 is 11.9 Å². The smallest absolute Gasteiger partial charge is 0.326 e. The highest BCUT2D eigenvalue weighted by atomic mass is 32.1. The third-order valence-corrected chi connectivity index (χ3v) is 5.32. The first-order valence-corrected chi connectivity index (χ1v) is 10.9. The normalized spacial score (nSPS) is 14.4. The average Bonchev–Trinajstić information content (AvgIpc) is 3.18. The van der Waals surface area contributed by atoms with Crippen molar-refractivity contribution in [3.8, 4) is 0 Å². The van der Waals surface area contributed by atoms with Gasteiger partial charge in [0.05, 0.1) is 12.5 Å². The molecule has 3 amide bonds. The van der Waals surface area contributed by atoms with Gasteiger partial charge in [0.1, 0.15) is 18.1 Å². The molecule has 0 aliphatic heterocycles. The lowest BCUT2D eigenvalue weighted by Gasteiger charge is -2.24. The van der Waals surface area contributed by atoms with Gasteiger partial charge in [-0.3, -0.25) is 19.2 Å². The van der Waals surface area contributed by atoms with Crippen molar-refractivity contribution >= 4 is 53.2 Å². The Balaban J connectivity index is 2.29. The molecular formula is C21H27N5O7S. The molecule has 4 unspecified atom stereocenters. The molecule has 34 heavy (non-hydrogen) atoms. The maximum atomic E-state index is 13.0. The van der Waals surface area contributed by atoms with Crippen LogP contribution in [0.5, 0.6) is 0 Å². The van der Waals surface area contributed by atoms with Crippen molar-refractivity contribution in [1.29, 1.82) is 0 Å². The van der Waals surface area contributed by atoms with E-state index in [1.807, 2.05) is 18.2 Å². The van der Waals surface area contributed by atoms with Gasteiger partial charge in [0.15, 0.2) is 0 Å². The highest BCUT2D eigenvalue weighted by Gasteiger charge is 2.31. The Hall–Kier alpha value is -3.58. The minimum absolute atomic E-state index is 0.0402. The van der Waals surface area contributed by atoms with Crippen LogP contribution in [-0.2, 0) is 30.4 Å². The zero-order valence-corrected chi connectivity index (χ0v) is 19.2. The maximum absolute atomic E-state index is 13.0. The quantitative estimate of drug-likeness (QED) is 0.172. The first-order chi connectivity index (χ1) is 16.0. The summed E-state index contributed by atoms with van der Waals surface area (Å²) in [4.78, 5) is 63.1. The number of para-hydroxylation sites is 1. The third-order valence-electron chi connectivity index (χ3n) is 4.95. The lowest BCUT2D eigenvalue weighted by molar-refractivity contribution is -0.147. The minimum Gasteiger partial charge on any atom is -0.481 e. The number of carbonyl (C=O) groups excluding carboxylic acids is 3. The number of aromatic nitrogens is 1. The zero-order valence-electron chi connectivity index (χ0n) is 18.3. The van der Waals surface area contributed by atoms with Crippen LogP contribution in [0, 0.1) is 0 Å². The number of aliphatic carboxylic acids is 2. The van der Waals surface area contributed by atoms with Crippen molar-refractivity contribution in [2.75, 3.05) is 5.75 Å². The lowest BCUT2D eigenvalue weighted by Crippen LogP contribution is -2.58. The van der Waals surface area contributed by atoms with Crippen LogP contribution in [0.15, 0.2) is 30.5 Å². The molecule has 184 valence electrons. The first-order valence-electron chi connectivity index (χ1n) is 10.3. The van der Waals surface area contributed by atoms with Crippen molar-refractivity contribution < 1.29 is 34.2 Å². The molecule has 1 heterocycles. The van der Waals surface area contributed by atoms with Crippen LogP contribution < -0.4 is 21.7 Å². The molecule has 2 rings (SSSR count). The fraction of sp³-hybridized carbons (Fsp3) is 0.381. The Morgan fingerprint density at radius 3 is 2.15 bits per heavy atom. The molecule has 0 fully saturated rings. The Bertz CT molecular complexity index is 1070. The van der Waals surface area contributed by atoms with Gasteiger partial charge in [-0.1, -0.05) is 18.2 Å². The second-order valence-corrected chi connectivity index (χ2v) is 8.02. The molecule has 0 radical (unpaired) electrons. The van der Waals surface area contributed by atoms with Crippen molar-refractivity contribution in [3.63, 3.8) is 0 Å². The van der Waals surface area contributed by atoms with E-state index >= 15 is 0 Å². The monoisotopic (exact) mass is 493 g/mol. The van der Waals surface area contributed by atoms with Crippen LogP contribution in [0.1, 0.15) is 18.9 Å². The van der Waals surface area contributed by atoms with Gasteiger partial charge in [0.2, 0.25) is 17.7 Å². The summed E-state index contributed by atoms with van der Waals surface area (Å²) in [5, 5.41) is 26.1. The highest BCUT2D eigenvalue weighted by molar-refractivity contribution is 7.80. The number of benzene rings is 1. The molecule has 13 heteroatoms. The van der Waals surface area contributed by atoms with Crippen LogP contribution in [-0.4, -0.2) is 74.8 Å². The fourth-order valence-electron chi connectivity index (χ4n) is 3.15. The molecule has 0 aliphatic carbocycles. The van der Waals surface area contributed by atoms with Gasteiger partial charge in [-0.2, -0.15) is 12.6 Å². The van der Waals surface area contributed by atoms with Gasteiger partial charge in [0.25, 0.3) is 0 Å². The zero-order chi connectivity index (χ0) is 25.4. The standard InChI is InChI=1S/C21H27N5O7S/c1-10(22)18(29)26-16(9-34)20(31)24-14(19(30)25-15(21(32)33)7-17(27)28)6-11-8-23-13-5-3-2-4-12(11)13/h2-5,8,10,14-16,23,34H,6-7,9,22H2,1H3,(H,24,31)(H,25,30)(H,26,29)(H,27,28)(H,32,33). The number of carbonyl (C=O) groups is 5. The second kappa shape index (κ2) is 12.0. The van der Waals surface area contributed by atoms with Gasteiger partial charge < -0.3 is 36.9 Å². The van der Waals surface area contributed by atoms with Crippen molar-refractivity contribution in [2.45, 2.75) is 43.9 Å². The number of hydrogen-bond acceptors (Lipinski definition) is 7. The summed E-state index contributed by atoms with van der Waals surface area (Å²) in [5.74, 6) is -5.29. The molecule has 0 saturated carbocycles. The number of H-pyrrole nitrogens is 1. The number of aromatic amines is 1. The van der Waals surface area contributed by atoms with Crippen molar-refractivity contribution in [1.82, 2.24) is 20.9 Å². The number of nitrogens with two attached hydrogens (primary N) is 1. The summed E-state index contributed by atoms with van der Waals surface area (Å²) in [6.45, 7) is 1.44. The Morgan fingerprint density at radius 2 is 1.56 bits per heavy atom. The van der Waals surface area contributed by atoms with Gasteiger partial charge in [0, 0.05) is 29.3 Å². The number of carboxylic acids is 2. The molecule has 0 spiro atoms. The van der Waals surface area contributed by atoms with E-state index in [-0.39, 0.29) is 12.2 Å². The van der Waals surface area contributed by atoms with Crippen LogP contribution in [0.25, 0.3) is 10.9 Å². The molecule has 1 aromatic carbocycles. The maximum Gasteiger partial charge on any atom is 0.326 e. The second-order valence-electron chi connectivity index (χ2n) is 7.65. The molecule has 0 bridgehead atoms. The summed E-state index contributed by atoms with van der Waals surface area (Å²) < 4.78 is 0. The van der Waals surface area contributed by atoms with E-state index in [0.29, 0.717) is 5.56 Å². The Morgan fingerprint density at radius 1 is 0.971 bits per heavy atom. The summed E-state index contributed by atoms with van der Waals surface area (Å²) in [5.41, 5.74) is 6.96. The molecule has 2 aromatic rings. The van der Waals surface area contributed by atoms with Crippen molar-refractivity contribution in [2.24, 2.45) is 5.73 Å². The van der Waals surface area contributed by atoms with E-state index < -0.39 is 60.2 Å². The predicted molar refractivity (Wildman–Crippen MR) is 125 cm³/mol. The molecule has 12 nitrogen and oxygen atoms in total.